The Morgan fingerprint density at radius 1 is 1.09 bits per heavy atom. The summed E-state index contributed by atoms with van der Waals surface area (Å²) in [7, 11) is 0. The third-order valence-electron chi connectivity index (χ3n) is 5.07. The van der Waals surface area contributed by atoms with Crippen LogP contribution in [0, 0.1) is 16.7 Å². The fourth-order valence-corrected chi connectivity index (χ4v) is 4.06. The van der Waals surface area contributed by atoms with E-state index in [0.29, 0.717) is 22.8 Å². The third-order valence-corrected chi connectivity index (χ3v) is 5.37. The quantitative estimate of drug-likeness (QED) is 0.491. The maximum absolute atomic E-state index is 13.0. The second-order valence-electron chi connectivity index (χ2n) is 11.2. The molecule has 0 saturated carbocycles. The van der Waals surface area contributed by atoms with Crippen molar-refractivity contribution in [3.05, 3.63) is 34.7 Å². The van der Waals surface area contributed by atoms with Gasteiger partial charge in [-0.15, -0.1) is 0 Å². The van der Waals surface area contributed by atoms with Crippen molar-refractivity contribution < 1.29 is 19.1 Å². The Bertz CT molecular complexity index is 1150. The molecule has 0 radical (unpaired) electrons. The molecule has 9 heteroatoms. The minimum atomic E-state index is -0.913. The van der Waals surface area contributed by atoms with Crippen LogP contribution < -0.4 is 4.90 Å². The number of carbonyl (C=O) groups is 2. The Morgan fingerprint density at radius 3 is 2.15 bits per heavy atom. The number of fused-ring (bicyclic) bond motifs is 1. The minimum absolute atomic E-state index is 0.0126. The maximum atomic E-state index is 13.0. The summed E-state index contributed by atoms with van der Waals surface area (Å²) in [6, 6.07) is 5.58. The Hall–Kier alpha value is -3.05. The molecule has 0 saturated heterocycles. The van der Waals surface area contributed by atoms with E-state index < -0.39 is 23.4 Å². The molecule has 0 aromatic carbocycles. The van der Waals surface area contributed by atoms with Crippen molar-refractivity contribution in [2.75, 3.05) is 4.90 Å². The van der Waals surface area contributed by atoms with Gasteiger partial charge >= 0.3 is 12.2 Å². The summed E-state index contributed by atoms with van der Waals surface area (Å²) >= 11 is 6.53. The topological polar surface area (TPSA) is 97.5 Å². The van der Waals surface area contributed by atoms with Crippen molar-refractivity contribution in [3.8, 4) is 17.2 Å². The first kappa shape index (κ1) is 25.6. The van der Waals surface area contributed by atoms with E-state index in [2.05, 4.69) is 24.9 Å². The predicted octanol–water partition coefficient (Wildman–Crippen LogP) is 6.33. The Morgan fingerprint density at radius 2 is 1.65 bits per heavy atom. The molecule has 182 valence electrons. The highest BCUT2D eigenvalue weighted by Gasteiger charge is 2.36. The number of carbonyl (C=O) groups excluding carboxylic acids is 2. The van der Waals surface area contributed by atoms with Crippen LogP contribution in [0.5, 0.6) is 0 Å². The van der Waals surface area contributed by atoms with Crippen molar-refractivity contribution >= 4 is 29.6 Å². The molecule has 0 fully saturated rings. The van der Waals surface area contributed by atoms with Crippen molar-refractivity contribution in [1.29, 1.82) is 5.26 Å². The molecule has 2 aromatic heterocycles. The number of pyridine rings is 1. The minimum Gasteiger partial charge on any atom is -0.443 e. The van der Waals surface area contributed by atoms with Gasteiger partial charge in [-0.3, -0.25) is 0 Å². The van der Waals surface area contributed by atoms with E-state index >= 15 is 0 Å². The van der Waals surface area contributed by atoms with Gasteiger partial charge in [-0.1, -0.05) is 25.4 Å². The van der Waals surface area contributed by atoms with Gasteiger partial charge in [0.2, 0.25) is 0 Å². The number of amides is 2. The average molecular weight is 487 g/mol. The van der Waals surface area contributed by atoms with Crippen molar-refractivity contribution in [1.82, 2.24) is 9.55 Å². The lowest BCUT2D eigenvalue weighted by Crippen LogP contribution is -2.44. The molecule has 2 aromatic rings. The zero-order valence-electron chi connectivity index (χ0n) is 20.9. The summed E-state index contributed by atoms with van der Waals surface area (Å²) in [5, 5.41) is 9.99. The fraction of sp³-hybridized carbons (Fsp3) is 0.520. The molecular formula is C25H31ClN4O4. The maximum Gasteiger partial charge on any atom is 0.425 e. The molecule has 1 aliphatic rings. The fourth-order valence-electron chi connectivity index (χ4n) is 3.86. The number of halogens is 1. The number of hydrogen-bond donors (Lipinski definition) is 0. The normalized spacial score (nSPS) is 14.8. The van der Waals surface area contributed by atoms with Crippen molar-refractivity contribution in [2.24, 2.45) is 5.41 Å². The first-order valence-electron chi connectivity index (χ1n) is 11.1. The van der Waals surface area contributed by atoms with Crippen LogP contribution in [0.4, 0.5) is 15.4 Å². The second kappa shape index (κ2) is 8.62. The number of imide groups is 1. The summed E-state index contributed by atoms with van der Waals surface area (Å²) < 4.78 is 12.9. The van der Waals surface area contributed by atoms with Crippen LogP contribution >= 0.6 is 11.6 Å². The van der Waals surface area contributed by atoms with E-state index in [9.17, 15) is 14.9 Å². The Labute approximate surface area is 205 Å². The monoisotopic (exact) mass is 486 g/mol. The van der Waals surface area contributed by atoms with Gasteiger partial charge < -0.3 is 14.0 Å². The summed E-state index contributed by atoms with van der Waals surface area (Å²) in [6.07, 6.45) is 0.302. The highest BCUT2D eigenvalue weighted by Crippen LogP contribution is 2.42. The van der Waals surface area contributed by atoms with Gasteiger partial charge in [-0.2, -0.15) is 10.2 Å². The molecule has 0 atom stereocenters. The van der Waals surface area contributed by atoms with Crippen molar-refractivity contribution in [2.45, 2.75) is 79.6 Å². The number of nitrogens with zero attached hydrogens (tertiary/aromatic N) is 4. The van der Waals surface area contributed by atoms with Gasteiger partial charge in [0.15, 0.2) is 0 Å². The summed E-state index contributed by atoms with van der Waals surface area (Å²) in [6.45, 7) is 15.2. The number of hydrogen-bond acceptors (Lipinski definition) is 6. The van der Waals surface area contributed by atoms with E-state index in [1.807, 2.05) is 4.57 Å². The van der Waals surface area contributed by atoms with Crippen LogP contribution in [0.2, 0.25) is 5.02 Å². The van der Waals surface area contributed by atoms with E-state index in [1.165, 1.54) is 6.20 Å². The number of rotatable bonds is 2. The molecule has 1 aliphatic heterocycles. The molecular weight excluding hydrogens is 456 g/mol. The van der Waals surface area contributed by atoms with E-state index in [4.69, 9.17) is 21.1 Å². The molecule has 0 spiro atoms. The second-order valence-corrected chi connectivity index (χ2v) is 11.7. The number of ether oxygens (including phenoxy) is 2. The zero-order valence-corrected chi connectivity index (χ0v) is 21.7. The van der Waals surface area contributed by atoms with Crippen LogP contribution in [0.1, 0.15) is 66.8 Å². The van der Waals surface area contributed by atoms with E-state index in [0.717, 1.165) is 22.6 Å². The lowest BCUT2D eigenvalue weighted by atomic mass is 9.89. The predicted molar refractivity (Wildman–Crippen MR) is 130 cm³/mol. The number of anilines is 1. The lowest BCUT2D eigenvalue weighted by Gasteiger charge is -2.28. The standard InChI is InChI=1S/C25H31ClN4O4/c1-23(2,3)33-21(31)30(22(32)34-24(4,5)6)20-10-16(18(26)13-28-20)17-9-15(12-27)29-14-25(7,8)11-19(17)29/h9-10,13H,11,14H2,1-8H3. The van der Waals surface area contributed by atoms with Crippen LogP contribution in [0.25, 0.3) is 11.1 Å². The molecule has 34 heavy (non-hydrogen) atoms. The summed E-state index contributed by atoms with van der Waals surface area (Å²) in [5.41, 5.74) is 1.13. The summed E-state index contributed by atoms with van der Waals surface area (Å²) in [4.78, 5) is 31.1. The van der Waals surface area contributed by atoms with Crippen LogP contribution in [-0.4, -0.2) is 32.9 Å². The molecule has 8 nitrogen and oxygen atoms in total. The van der Waals surface area contributed by atoms with Gasteiger partial charge in [0.25, 0.3) is 0 Å². The van der Waals surface area contributed by atoms with Crippen LogP contribution in [0.15, 0.2) is 18.3 Å². The lowest BCUT2D eigenvalue weighted by molar-refractivity contribution is 0.0429. The van der Waals surface area contributed by atoms with Crippen LogP contribution in [-0.2, 0) is 22.4 Å². The molecule has 0 bridgehead atoms. The highest BCUT2D eigenvalue weighted by atomic mass is 35.5. The molecule has 0 unspecified atom stereocenters. The van der Waals surface area contributed by atoms with Gasteiger partial charge in [-0.25, -0.2) is 14.6 Å². The molecule has 0 N–H and O–H groups in total. The SMILES string of the molecule is CC1(C)Cc2c(-c3cc(N(C(=O)OC(C)(C)C)C(=O)OC(C)(C)C)ncc3Cl)cc(C#N)n2C1. The molecule has 3 heterocycles. The summed E-state index contributed by atoms with van der Waals surface area (Å²) in [5.74, 6) is 0.0126. The largest absolute Gasteiger partial charge is 0.443 e. The third kappa shape index (κ3) is 5.53. The zero-order chi connectivity index (χ0) is 25.6. The molecule has 2 amide bonds. The Balaban J connectivity index is 2.13. The van der Waals surface area contributed by atoms with Crippen molar-refractivity contribution in [3.63, 3.8) is 0 Å². The van der Waals surface area contributed by atoms with Gasteiger partial charge in [-0.05, 0) is 65.5 Å². The highest BCUT2D eigenvalue weighted by molar-refractivity contribution is 6.33. The molecule has 0 aliphatic carbocycles. The van der Waals surface area contributed by atoms with E-state index in [-0.39, 0.29) is 11.2 Å². The van der Waals surface area contributed by atoms with Gasteiger partial charge in [0.1, 0.15) is 28.8 Å². The Kier molecular flexibility index (Phi) is 6.49. The average Bonchev–Trinajstić information content (AvgIpc) is 3.13. The first-order chi connectivity index (χ1) is 15.5. The van der Waals surface area contributed by atoms with E-state index in [1.54, 1.807) is 53.7 Å². The van der Waals surface area contributed by atoms with Gasteiger partial charge in [0, 0.05) is 29.6 Å². The smallest absolute Gasteiger partial charge is 0.425 e. The molecule has 3 rings (SSSR count). The van der Waals surface area contributed by atoms with Crippen LogP contribution in [0.3, 0.4) is 0 Å². The number of aromatic nitrogens is 2. The first-order valence-corrected chi connectivity index (χ1v) is 11.4. The number of nitriles is 1. The van der Waals surface area contributed by atoms with Gasteiger partial charge in [0.05, 0.1) is 5.02 Å².